The number of para-hydroxylation sites is 1. The van der Waals surface area contributed by atoms with E-state index in [2.05, 4.69) is 6.07 Å². The molecule has 0 bridgehead atoms. The molecule has 0 aliphatic heterocycles. The molecule has 0 fully saturated rings. The van der Waals surface area contributed by atoms with Gasteiger partial charge in [-0.2, -0.15) is 0 Å². The van der Waals surface area contributed by atoms with Crippen molar-refractivity contribution in [1.29, 1.82) is 0 Å². The van der Waals surface area contributed by atoms with Gasteiger partial charge in [-0.1, -0.05) is 18.2 Å². The molecule has 0 radical (unpaired) electrons. The van der Waals surface area contributed by atoms with Crippen molar-refractivity contribution in [3.8, 4) is 5.75 Å². The number of ether oxygens (including phenoxy) is 2. The number of benzene rings is 1. The van der Waals surface area contributed by atoms with Gasteiger partial charge in [0.25, 0.3) is 0 Å². The second-order valence-corrected chi connectivity index (χ2v) is 2.55. The fourth-order valence-electron chi connectivity index (χ4n) is 1.12. The minimum atomic E-state index is 0.736. The first-order valence-corrected chi connectivity index (χ1v) is 3.99. The molecule has 66 valence electrons. The molecule has 0 heterocycles. The largest absolute Gasteiger partial charge is 0.496 e. The van der Waals surface area contributed by atoms with E-state index in [1.54, 1.807) is 14.2 Å². The summed E-state index contributed by atoms with van der Waals surface area (Å²) in [4.78, 5) is 0. The third kappa shape index (κ3) is 2.24. The average molecular weight is 166 g/mol. The predicted molar refractivity (Wildman–Crippen MR) is 48.6 cm³/mol. The summed E-state index contributed by atoms with van der Waals surface area (Å²) < 4.78 is 10.2. The first kappa shape index (κ1) is 9.07. The zero-order valence-electron chi connectivity index (χ0n) is 7.54. The van der Waals surface area contributed by atoms with Crippen LogP contribution >= 0.6 is 0 Å². The summed E-state index contributed by atoms with van der Waals surface area (Å²) in [7, 11) is 3.39. The summed E-state index contributed by atoms with van der Waals surface area (Å²) >= 11 is 0. The quantitative estimate of drug-likeness (QED) is 0.680. The Balaban J connectivity index is 2.68. The topological polar surface area (TPSA) is 18.5 Å². The van der Waals surface area contributed by atoms with Crippen LogP contribution in [0, 0.1) is 0 Å². The van der Waals surface area contributed by atoms with Gasteiger partial charge in [-0.3, -0.25) is 0 Å². The fourth-order valence-corrected chi connectivity index (χ4v) is 1.12. The van der Waals surface area contributed by atoms with E-state index in [0.29, 0.717) is 0 Å². The predicted octanol–water partition coefficient (Wildman–Crippen LogP) is 1.88. The summed E-state index contributed by atoms with van der Waals surface area (Å²) in [6.45, 7) is 0.736. The summed E-state index contributed by atoms with van der Waals surface area (Å²) in [5, 5.41) is 0. The van der Waals surface area contributed by atoms with Gasteiger partial charge < -0.3 is 9.47 Å². The number of hydrogen-bond donors (Lipinski definition) is 0. The molecular weight excluding hydrogens is 152 g/mol. The van der Waals surface area contributed by atoms with Crippen molar-refractivity contribution in [3.63, 3.8) is 0 Å². The molecule has 0 aromatic heterocycles. The standard InChI is InChI=1S/C10H14O2/c1-11-8-7-9-5-3-4-6-10(9)12-2/h3-6H,7-8H2,1-2H3. The Morgan fingerprint density at radius 3 is 2.58 bits per heavy atom. The molecule has 0 aliphatic rings. The van der Waals surface area contributed by atoms with Gasteiger partial charge in [-0.05, 0) is 18.1 Å². The first-order valence-electron chi connectivity index (χ1n) is 3.99. The van der Waals surface area contributed by atoms with Crippen LogP contribution in [0.3, 0.4) is 0 Å². The highest BCUT2D eigenvalue weighted by Gasteiger charge is 1.99. The smallest absolute Gasteiger partial charge is 0.122 e. The third-order valence-corrected chi connectivity index (χ3v) is 1.77. The van der Waals surface area contributed by atoms with Gasteiger partial charge >= 0.3 is 0 Å². The molecule has 12 heavy (non-hydrogen) atoms. The molecule has 0 atom stereocenters. The normalized spacial score (nSPS) is 9.83. The van der Waals surface area contributed by atoms with Crippen LogP contribution in [-0.4, -0.2) is 20.8 Å². The maximum absolute atomic E-state index is 5.19. The summed E-state index contributed by atoms with van der Waals surface area (Å²) in [6.07, 6.45) is 0.903. The minimum Gasteiger partial charge on any atom is -0.496 e. The van der Waals surface area contributed by atoms with E-state index in [0.717, 1.165) is 18.8 Å². The lowest BCUT2D eigenvalue weighted by Crippen LogP contribution is -1.97. The summed E-state index contributed by atoms with van der Waals surface area (Å²) in [5.41, 5.74) is 1.20. The van der Waals surface area contributed by atoms with E-state index < -0.39 is 0 Å². The highest BCUT2D eigenvalue weighted by molar-refractivity contribution is 5.33. The molecule has 0 unspecified atom stereocenters. The van der Waals surface area contributed by atoms with Gasteiger partial charge in [-0.25, -0.2) is 0 Å². The van der Waals surface area contributed by atoms with Gasteiger partial charge in [0.2, 0.25) is 0 Å². The highest BCUT2D eigenvalue weighted by atomic mass is 16.5. The molecule has 2 nitrogen and oxygen atoms in total. The van der Waals surface area contributed by atoms with E-state index in [1.807, 2.05) is 18.2 Å². The Morgan fingerprint density at radius 2 is 1.92 bits per heavy atom. The lowest BCUT2D eigenvalue weighted by molar-refractivity contribution is 0.201. The Bertz CT molecular complexity index is 233. The second kappa shape index (κ2) is 4.78. The Labute approximate surface area is 73.1 Å². The SMILES string of the molecule is COCCc1ccccc1OC. The van der Waals surface area contributed by atoms with E-state index >= 15 is 0 Å². The maximum atomic E-state index is 5.19. The molecule has 0 saturated carbocycles. The molecule has 2 heteroatoms. The van der Waals surface area contributed by atoms with Crippen LogP contribution in [0.1, 0.15) is 5.56 Å². The van der Waals surface area contributed by atoms with Crippen LogP contribution in [0.5, 0.6) is 5.75 Å². The van der Waals surface area contributed by atoms with Crippen LogP contribution in [0.2, 0.25) is 0 Å². The van der Waals surface area contributed by atoms with Crippen LogP contribution in [0.25, 0.3) is 0 Å². The van der Waals surface area contributed by atoms with Crippen molar-refractivity contribution in [1.82, 2.24) is 0 Å². The lowest BCUT2D eigenvalue weighted by Gasteiger charge is -2.06. The zero-order valence-corrected chi connectivity index (χ0v) is 7.54. The van der Waals surface area contributed by atoms with Crippen molar-refractivity contribution >= 4 is 0 Å². The van der Waals surface area contributed by atoms with Crippen molar-refractivity contribution in [3.05, 3.63) is 29.8 Å². The van der Waals surface area contributed by atoms with E-state index in [1.165, 1.54) is 5.56 Å². The van der Waals surface area contributed by atoms with Gasteiger partial charge in [0, 0.05) is 7.11 Å². The second-order valence-electron chi connectivity index (χ2n) is 2.55. The first-order chi connectivity index (χ1) is 5.88. The molecule has 1 aromatic rings. The van der Waals surface area contributed by atoms with Gasteiger partial charge in [0.1, 0.15) is 5.75 Å². The monoisotopic (exact) mass is 166 g/mol. The van der Waals surface area contributed by atoms with Crippen molar-refractivity contribution < 1.29 is 9.47 Å². The summed E-state index contributed by atoms with van der Waals surface area (Å²) in [6, 6.07) is 7.99. The average Bonchev–Trinajstić information content (AvgIpc) is 2.15. The molecule has 1 aromatic carbocycles. The fraction of sp³-hybridized carbons (Fsp3) is 0.400. The van der Waals surface area contributed by atoms with Gasteiger partial charge in [0.05, 0.1) is 13.7 Å². The van der Waals surface area contributed by atoms with Crippen LogP contribution in [0.4, 0.5) is 0 Å². The van der Waals surface area contributed by atoms with Crippen LogP contribution < -0.4 is 4.74 Å². The maximum Gasteiger partial charge on any atom is 0.122 e. The third-order valence-electron chi connectivity index (χ3n) is 1.77. The molecular formula is C10H14O2. The molecule has 0 aliphatic carbocycles. The number of rotatable bonds is 4. The van der Waals surface area contributed by atoms with E-state index in [9.17, 15) is 0 Å². The van der Waals surface area contributed by atoms with Crippen LogP contribution in [-0.2, 0) is 11.2 Å². The van der Waals surface area contributed by atoms with Crippen LogP contribution in [0.15, 0.2) is 24.3 Å². The van der Waals surface area contributed by atoms with Crippen molar-refractivity contribution in [2.24, 2.45) is 0 Å². The Morgan fingerprint density at radius 1 is 1.17 bits per heavy atom. The summed E-state index contributed by atoms with van der Waals surface area (Å²) in [5.74, 6) is 0.939. The minimum absolute atomic E-state index is 0.736. The molecule has 1 rings (SSSR count). The number of hydrogen-bond acceptors (Lipinski definition) is 2. The van der Waals surface area contributed by atoms with Crippen molar-refractivity contribution in [2.45, 2.75) is 6.42 Å². The Hall–Kier alpha value is -1.02. The van der Waals surface area contributed by atoms with Gasteiger partial charge in [0.15, 0.2) is 0 Å². The molecule has 0 spiro atoms. The van der Waals surface area contributed by atoms with Crippen molar-refractivity contribution in [2.75, 3.05) is 20.8 Å². The van der Waals surface area contributed by atoms with E-state index in [-0.39, 0.29) is 0 Å². The highest BCUT2D eigenvalue weighted by Crippen LogP contribution is 2.17. The Kier molecular flexibility index (Phi) is 3.61. The number of methoxy groups -OCH3 is 2. The zero-order chi connectivity index (χ0) is 8.81. The van der Waals surface area contributed by atoms with Gasteiger partial charge in [-0.15, -0.1) is 0 Å². The molecule has 0 N–H and O–H groups in total. The lowest BCUT2D eigenvalue weighted by atomic mass is 10.1. The molecule has 0 saturated heterocycles. The molecule has 0 amide bonds. The van der Waals surface area contributed by atoms with E-state index in [4.69, 9.17) is 9.47 Å².